The minimum atomic E-state index is -1.18. The van der Waals surface area contributed by atoms with Gasteiger partial charge in [0.25, 0.3) is 0 Å². The van der Waals surface area contributed by atoms with E-state index in [1.54, 1.807) is 38.4 Å². The summed E-state index contributed by atoms with van der Waals surface area (Å²) < 4.78 is 17.3. The fraction of sp³-hybridized carbons (Fsp3) is 0.500. The maximum atomic E-state index is 13.5. The molecular weight excluding hydrogens is 414 g/mol. The number of rotatable bonds is 4. The van der Waals surface area contributed by atoms with Crippen molar-refractivity contribution in [2.45, 2.75) is 64.3 Å². The third-order valence-electron chi connectivity index (χ3n) is 7.01. The highest BCUT2D eigenvalue weighted by Gasteiger charge is 2.59. The molecule has 1 aliphatic carbocycles. The van der Waals surface area contributed by atoms with Gasteiger partial charge >= 0.3 is 11.6 Å². The number of nitrogens with zero attached hydrogens (tertiary/aromatic N) is 1. The molecular formula is C24H27NO7. The molecule has 3 heterocycles. The van der Waals surface area contributed by atoms with E-state index in [1.165, 1.54) is 13.0 Å². The van der Waals surface area contributed by atoms with Crippen LogP contribution in [0.15, 0.2) is 39.8 Å². The number of hydrogen-bond donors (Lipinski definition) is 1. The summed E-state index contributed by atoms with van der Waals surface area (Å²) in [6, 6.07) is 4.94. The third kappa shape index (κ3) is 3.62. The second-order valence-corrected chi connectivity index (χ2v) is 9.06. The van der Waals surface area contributed by atoms with Crippen molar-refractivity contribution in [1.82, 2.24) is 4.98 Å². The van der Waals surface area contributed by atoms with E-state index in [2.05, 4.69) is 4.98 Å². The molecule has 0 amide bonds. The number of hydrogen-bond acceptors (Lipinski definition) is 8. The summed E-state index contributed by atoms with van der Waals surface area (Å²) in [6.45, 7) is 6.59. The second-order valence-electron chi connectivity index (χ2n) is 9.06. The minimum Gasteiger partial charge on any atom is -0.482 e. The fourth-order valence-corrected chi connectivity index (χ4v) is 4.83. The van der Waals surface area contributed by atoms with Crippen LogP contribution < -0.4 is 10.4 Å². The van der Waals surface area contributed by atoms with Gasteiger partial charge in [0.05, 0.1) is 11.5 Å². The Morgan fingerprint density at radius 1 is 1.38 bits per heavy atom. The predicted octanol–water partition coefficient (Wildman–Crippen LogP) is 3.15. The zero-order valence-corrected chi connectivity index (χ0v) is 18.6. The Morgan fingerprint density at radius 3 is 2.75 bits per heavy atom. The Bertz CT molecular complexity index is 1110. The SMILES string of the molecule is CCC(C)(O)[C@H]1C[C@@H](OC(C)=O)[C@]2(C)Oc3cc(-c4cccnc4)oc(=O)c3C(=O)[C@@H]2C1. The van der Waals surface area contributed by atoms with Crippen molar-refractivity contribution in [3.63, 3.8) is 0 Å². The van der Waals surface area contributed by atoms with Gasteiger partial charge in [-0.3, -0.25) is 14.6 Å². The van der Waals surface area contributed by atoms with Gasteiger partial charge in [0.15, 0.2) is 11.4 Å². The van der Waals surface area contributed by atoms with Crippen molar-refractivity contribution in [1.29, 1.82) is 0 Å². The molecule has 8 heteroatoms. The number of pyridine rings is 1. The van der Waals surface area contributed by atoms with Gasteiger partial charge in [0.1, 0.15) is 23.2 Å². The van der Waals surface area contributed by atoms with Crippen LogP contribution in [0.1, 0.15) is 57.3 Å². The molecule has 0 radical (unpaired) electrons. The largest absolute Gasteiger partial charge is 0.482 e. The van der Waals surface area contributed by atoms with Gasteiger partial charge in [-0.1, -0.05) is 6.92 Å². The van der Waals surface area contributed by atoms with Crippen LogP contribution in [0.4, 0.5) is 0 Å². The summed E-state index contributed by atoms with van der Waals surface area (Å²) in [5, 5.41) is 10.9. The number of aliphatic hydroxyl groups is 1. The van der Waals surface area contributed by atoms with Crippen molar-refractivity contribution >= 4 is 11.8 Å². The van der Waals surface area contributed by atoms with Gasteiger partial charge in [0.2, 0.25) is 0 Å². The van der Waals surface area contributed by atoms with Crippen molar-refractivity contribution in [2.24, 2.45) is 11.8 Å². The number of ether oxygens (including phenoxy) is 2. The first-order valence-corrected chi connectivity index (χ1v) is 10.8. The van der Waals surface area contributed by atoms with E-state index < -0.39 is 40.6 Å². The average molecular weight is 441 g/mol. The highest BCUT2D eigenvalue weighted by Crippen LogP contribution is 2.50. The van der Waals surface area contributed by atoms with Crippen molar-refractivity contribution in [2.75, 3.05) is 0 Å². The van der Waals surface area contributed by atoms with E-state index in [9.17, 15) is 19.5 Å². The normalized spacial score (nSPS) is 28.7. The molecule has 1 saturated carbocycles. The standard InChI is InChI=1S/C24H27NO7/c1-5-23(3,29)15-9-16-21(27)20-18(32-24(16,4)19(10-15)30-13(2)26)11-17(31-22(20)28)14-7-6-8-25-12-14/h6-8,11-12,15-16,19,29H,5,9-10H2,1-4H3/t15-,16+,19-,23?,24-/m1/s1. The smallest absolute Gasteiger partial charge is 0.351 e. The maximum Gasteiger partial charge on any atom is 0.351 e. The van der Waals surface area contributed by atoms with Crippen LogP contribution in [0.25, 0.3) is 11.3 Å². The van der Waals surface area contributed by atoms with Gasteiger partial charge in [-0.05, 0) is 51.2 Å². The van der Waals surface area contributed by atoms with E-state index in [-0.39, 0.29) is 23.0 Å². The predicted molar refractivity (Wildman–Crippen MR) is 114 cm³/mol. The van der Waals surface area contributed by atoms with Gasteiger partial charge in [-0.2, -0.15) is 0 Å². The maximum absolute atomic E-state index is 13.5. The summed E-state index contributed by atoms with van der Waals surface area (Å²) in [5.41, 5.74) is -2.62. The quantitative estimate of drug-likeness (QED) is 0.720. The molecule has 0 spiro atoms. The van der Waals surface area contributed by atoms with Crippen molar-refractivity contribution < 1.29 is 28.6 Å². The first-order chi connectivity index (χ1) is 15.1. The molecule has 1 unspecified atom stereocenters. The lowest BCUT2D eigenvalue weighted by Gasteiger charge is -2.52. The van der Waals surface area contributed by atoms with E-state index in [4.69, 9.17) is 13.9 Å². The van der Waals surface area contributed by atoms with Crippen LogP contribution in [0.2, 0.25) is 0 Å². The first kappa shape index (κ1) is 22.2. The summed E-state index contributed by atoms with van der Waals surface area (Å²) in [7, 11) is 0. The van der Waals surface area contributed by atoms with Crippen LogP contribution >= 0.6 is 0 Å². The second kappa shape index (κ2) is 7.85. The topological polar surface area (TPSA) is 116 Å². The van der Waals surface area contributed by atoms with Crippen molar-refractivity contribution in [3.8, 4) is 17.1 Å². The lowest BCUT2D eigenvalue weighted by molar-refractivity contribution is -0.181. The Labute approximate surface area is 185 Å². The van der Waals surface area contributed by atoms with E-state index in [0.717, 1.165) is 0 Å². The number of Topliss-reactive ketones (excluding diaryl/α,β-unsaturated/α-hetero) is 1. The monoisotopic (exact) mass is 441 g/mol. The summed E-state index contributed by atoms with van der Waals surface area (Å²) in [6.07, 6.45) is 3.48. The average Bonchev–Trinajstić information content (AvgIpc) is 2.74. The van der Waals surface area contributed by atoms with E-state index in [0.29, 0.717) is 24.8 Å². The Hall–Kier alpha value is -3.00. The fourth-order valence-electron chi connectivity index (χ4n) is 4.83. The number of carbonyl (C=O) groups excluding carboxylic acids is 2. The Kier molecular flexibility index (Phi) is 5.45. The zero-order chi connectivity index (χ0) is 23.3. The molecule has 1 N–H and O–H groups in total. The van der Waals surface area contributed by atoms with Gasteiger partial charge in [-0.25, -0.2) is 4.79 Å². The summed E-state index contributed by atoms with van der Waals surface area (Å²) in [4.78, 5) is 42.3. The van der Waals surface area contributed by atoms with Crippen LogP contribution in [0.3, 0.4) is 0 Å². The number of ketones is 1. The first-order valence-electron chi connectivity index (χ1n) is 10.8. The summed E-state index contributed by atoms with van der Waals surface area (Å²) >= 11 is 0. The number of esters is 1. The molecule has 2 aromatic heterocycles. The van der Waals surface area contributed by atoms with Gasteiger partial charge in [0, 0.05) is 30.9 Å². The molecule has 5 atom stereocenters. The molecule has 1 aliphatic heterocycles. The molecule has 0 saturated heterocycles. The molecule has 2 aromatic rings. The van der Waals surface area contributed by atoms with Crippen LogP contribution in [0, 0.1) is 11.8 Å². The van der Waals surface area contributed by atoms with Crippen molar-refractivity contribution in [3.05, 3.63) is 46.6 Å². The molecule has 1 fully saturated rings. The number of aromatic nitrogens is 1. The number of carbonyl (C=O) groups is 2. The zero-order valence-electron chi connectivity index (χ0n) is 18.6. The molecule has 32 heavy (non-hydrogen) atoms. The van der Waals surface area contributed by atoms with Gasteiger partial charge in [-0.15, -0.1) is 0 Å². The molecule has 4 rings (SSSR count). The van der Waals surface area contributed by atoms with Crippen LogP contribution in [-0.2, 0) is 9.53 Å². The highest BCUT2D eigenvalue weighted by molar-refractivity contribution is 6.02. The molecule has 8 nitrogen and oxygen atoms in total. The van der Waals surface area contributed by atoms with Crippen LogP contribution in [-0.4, -0.2) is 39.1 Å². The Balaban J connectivity index is 1.82. The molecule has 170 valence electrons. The molecule has 0 aromatic carbocycles. The molecule has 0 bridgehead atoms. The molecule has 2 aliphatic rings. The minimum absolute atomic E-state index is 0.0988. The third-order valence-corrected chi connectivity index (χ3v) is 7.01. The summed E-state index contributed by atoms with van der Waals surface area (Å²) in [5.74, 6) is -1.69. The van der Waals surface area contributed by atoms with Gasteiger partial charge < -0.3 is 19.0 Å². The lowest BCUT2D eigenvalue weighted by Crippen LogP contribution is -2.63. The lowest BCUT2D eigenvalue weighted by atomic mass is 9.62. The highest BCUT2D eigenvalue weighted by atomic mass is 16.6. The van der Waals surface area contributed by atoms with E-state index in [1.807, 2.05) is 6.92 Å². The number of fused-ring (bicyclic) bond motifs is 2. The Morgan fingerprint density at radius 2 is 2.12 bits per heavy atom. The van der Waals surface area contributed by atoms with Crippen LogP contribution in [0.5, 0.6) is 5.75 Å². The van der Waals surface area contributed by atoms with E-state index >= 15 is 0 Å².